The molecule has 0 aliphatic heterocycles. The van der Waals surface area contributed by atoms with Gasteiger partial charge in [-0.2, -0.15) is 0 Å². The van der Waals surface area contributed by atoms with E-state index < -0.39 is 0 Å². The summed E-state index contributed by atoms with van der Waals surface area (Å²) in [6.45, 7) is 0. The van der Waals surface area contributed by atoms with Crippen molar-refractivity contribution < 1.29 is 9.15 Å². The molecule has 0 spiro atoms. The van der Waals surface area contributed by atoms with E-state index in [0.29, 0.717) is 22.2 Å². The number of nitrogen functional groups attached to an aromatic ring is 1. The lowest BCUT2D eigenvalue weighted by Crippen LogP contribution is -2.09. The molecule has 3 rings (SSSR count). The molecule has 0 saturated heterocycles. The zero-order valence-electron chi connectivity index (χ0n) is 8.98. The number of nitrogens with two attached hydrogens (primary N) is 1. The molecule has 6 nitrogen and oxygen atoms in total. The van der Waals surface area contributed by atoms with E-state index in [0.717, 1.165) is 0 Å². The van der Waals surface area contributed by atoms with Gasteiger partial charge in [-0.05, 0) is 18.2 Å². The lowest BCUT2D eigenvalue weighted by molar-refractivity contribution is 0.415. The number of nitrogens with one attached hydrogen (secondary N) is 1. The fourth-order valence-corrected chi connectivity index (χ4v) is 1.78. The van der Waals surface area contributed by atoms with Gasteiger partial charge in [0.25, 0.3) is 5.56 Å². The summed E-state index contributed by atoms with van der Waals surface area (Å²) in [6, 6.07) is 5.24. The Bertz CT molecular complexity index is 773. The summed E-state index contributed by atoms with van der Waals surface area (Å²) >= 11 is 0. The highest BCUT2D eigenvalue weighted by molar-refractivity contribution is 6.02. The fraction of sp³-hybridized carbons (Fsp3) is 0.0909. The van der Waals surface area contributed by atoms with Crippen molar-refractivity contribution in [3.63, 3.8) is 0 Å². The molecule has 0 atom stereocenters. The number of hydrogen-bond donors (Lipinski definition) is 2. The van der Waals surface area contributed by atoms with Gasteiger partial charge in [-0.3, -0.25) is 9.78 Å². The predicted octanol–water partition coefficient (Wildman–Crippen LogP) is 1.26. The van der Waals surface area contributed by atoms with Gasteiger partial charge in [0.1, 0.15) is 16.8 Å². The highest BCUT2D eigenvalue weighted by atomic mass is 16.5. The summed E-state index contributed by atoms with van der Waals surface area (Å²) in [7, 11) is 1.57. The maximum absolute atomic E-state index is 11.6. The fourth-order valence-electron chi connectivity index (χ4n) is 1.78. The van der Waals surface area contributed by atoms with Crippen LogP contribution < -0.4 is 16.0 Å². The molecule has 3 N–H and O–H groups in total. The first-order valence-electron chi connectivity index (χ1n) is 4.95. The number of benzene rings is 1. The molecule has 2 aromatic heterocycles. The molecule has 0 amide bonds. The van der Waals surface area contributed by atoms with E-state index in [1.165, 1.54) is 0 Å². The molecule has 0 aliphatic rings. The summed E-state index contributed by atoms with van der Waals surface area (Å²) in [4.78, 5) is 18.1. The van der Waals surface area contributed by atoms with Gasteiger partial charge >= 0.3 is 0 Å². The number of aromatic amines is 1. The molecule has 1 aromatic carbocycles. The van der Waals surface area contributed by atoms with E-state index in [-0.39, 0.29) is 17.1 Å². The number of ether oxygens (including phenoxy) is 1. The summed E-state index contributed by atoms with van der Waals surface area (Å²) in [5.74, 6) is 0.730. The zero-order valence-corrected chi connectivity index (χ0v) is 8.98. The first kappa shape index (κ1) is 9.71. The van der Waals surface area contributed by atoms with Gasteiger partial charge in [0.15, 0.2) is 0 Å². The van der Waals surface area contributed by atoms with Crippen molar-refractivity contribution in [1.82, 2.24) is 9.97 Å². The average Bonchev–Trinajstić information content (AvgIpc) is 2.67. The van der Waals surface area contributed by atoms with Gasteiger partial charge in [-0.25, -0.2) is 4.98 Å². The van der Waals surface area contributed by atoms with Gasteiger partial charge in [-0.15, -0.1) is 0 Å². The Labute approximate surface area is 95.0 Å². The van der Waals surface area contributed by atoms with Gasteiger partial charge in [-0.1, -0.05) is 0 Å². The summed E-state index contributed by atoms with van der Waals surface area (Å²) in [6.07, 6.45) is 0. The lowest BCUT2D eigenvalue weighted by Gasteiger charge is -1.97. The van der Waals surface area contributed by atoms with E-state index in [1.54, 1.807) is 25.3 Å². The van der Waals surface area contributed by atoms with Crippen LogP contribution in [0.1, 0.15) is 0 Å². The molecular formula is C11H9N3O3. The van der Waals surface area contributed by atoms with Crippen LogP contribution in [0.3, 0.4) is 0 Å². The normalized spacial score (nSPS) is 11.1. The molecule has 0 radical (unpaired) electrons. The van der Waals surface area contributed by atoms with Gasteiger partial charge in [0, 0.05) is 0 Å². The largest absolute Gasteiger partial charge is 0.497 e. The molecule has 6 heteroatoms. The number of hydrogen-bond acceptors (Lipinski definition) is 5. The third kappa shape index (κ3) is 1.34. The maximum Gasteiger partial charge on any atom is 0.296 e. The first-order chi connectivity index (χ1) is 8.19. The second kappa shape index (κ2) is 3.24. The molecule has 2 heterocycles. The Kier molecular flexibility index (Phi) is 1.85. The molecule has 0 aliphatic carbocycles. The van der Waals surface area contributed by atoms with Crippen molar-refractivity contribution in [2.45, 2.75) is 0 Å². The number of methoxy groups -OCH3 is 1. The molecule has 17 heavy (non-hydrogen) atoms. The monoisotopic (exact) mass is 231 g/mol. The van der Waals surface area contributed by atoms with Crippen LogP contribution in [0.2, 0.25) is 0 Å². The van der Waals surface area contributed by atoms with Crippen LogP contribution in [-0.2, 0) is 0 Å². The number of H-pyrrole nitrogens is 1. The van der Waals surface area contributed by atoms with Crippen molar-refractivity contribution >= 4 is 28.0 Å². The van der Waals surface area contributed by atoms with E-state index in [4.69, 9.17) is 14.9 Å². The van der Waals surface area contributed by atoms with Crippen molar-refractivity contribution in [3.05, 3.63) is 28.6 Å². The van der Waals surface area contributed by atoms with Crippen molar-refractivity contribution in [2.24, 2.45) is 0 Å². The van der Waals surface area contributed by atoms with Crippen LogP contribution in [0, 0.1) is 0 Å². The second-order valence-electron chi connectivity index (χ2n) is 3.59. The molecule has 0 saturated carbocycles. The number of rotatable bonds is 1. The Morgan fingerprint density at radius 3 is 3.06 bits per heavy atom. The average molecular weight is 231 g/mol. The summed E-state index contributed by atoms with van der Waals surface area (Å²) < 4.78 is 10.5. The number of fused-ring (bicyclic) bond motifs is 3. The number of anilines is 1. The predicted molar refractivity (Wildman–Crippen MR) is 63.1 cm³/mol. The number of furan rings is 1. The minimum Gasteiger partial charge on any atom is -0.497 e. The maximum atomic E-state index is 11.6. The van der Waals surface area contributed by atoms with Crippen molar-refractivity contribution in [3.8, 4) is 5.75 Å². The Morgan fingerprint density at radius 2 is 2.29 bits per heavy atom. The lowest BCUT2D eigenvalue weighted by atomic mass is 10.2. The third-order valence-corrected chi connectivity index (χ3v) is 2.55. The SMILES string of the molecule is COc1ccc2oc3c(=O)[nH]c(N)nc3c2c1. The minimum atomic E-state index is -0.386. The Hall–Kier alpha value is -2.50. The molecule has 86 valence electrons. The van der Waals surface area contributed by atoms with Crippen molar-refractivity contribution in [1.29, 1.82) is 0 Å². The van der Waals surface area contributed by atoms with E-state index >= 15 is 0 Å². The summed E-state index contributed by atoms with van der Waals surface area (Å²) in [5.41, 5.74) is 6.31. The van der Waals surface area contributed by atoms with Crippen LogP contribution in [0.4, 0.5) is 5.95 Å². The molecule has 3 aromatic rings. The van der Waals surface area contributed by atoms with E-state index in [1.807, 2.05) is 0 Å². The third-order valence-electron chi connectivity index (χ3n) is 2.55. The first-order valence-corrected chi connectivity index (χ1v) is 4.95. The van der Waals surface area contributed by atoms with Gasteiger partial charge in [0.2, 0.25) is 11.5 Å². The molecule has 0 fully saturated rings. The Morgan fingerprint density at radius 1 is 1.47 bits per heavy atom. The topological polar surface area (TPSA) is 94.1 Å². The molecular weight excluding hydrogens is 222 g/mol. The molecule has 0 unspecified atom stereocenters. The minimum absolute atomic E-state index is 0.0630. The molecule has 0 bridgehead atoms. The smallest absolute Gasteiger partial charge is 0.296 e. The quantitative estimate of drug-likeness (QED) is 0.657. The standard InChI is InChI=1S/C11H9N3O3/c1-16-5-2-3-7-6(4-5)8-9(17-7)10(15)14-11(12)13-8/h2-4H,1H3,(H3,12,13,14,15). The van der Waals surface area contributed by atoms with Crippen LogP contribution in [0.5, 0.6) is 5.75 Å². The number of aromatic nitrogens is 2. The van der Waals surface area contributed by atoms with E-state index in [2.05, 4.69) is 9.97 Å². The summed E-state index contributed by atoms with van der Waals surface area (Å²) in [5, 5.41) is 0.706. The van der Waals surface area contributed by atoms with Crippen LogP contribution in [-0.4, -0.2) is 17.1 Å². The van der Waals surface area contributed by atoms with Gasteiger partial charge < -0.3 is 14.9 Å². The number of nitrogens with zero attached hydrogens (tertiary/aromatic N) is 1. The zero-order chi connectivity index (χ0) is 12.0. The highest BCUT2D eigenvalue weighted by Crippen LogP contribution is 2.28. The van der Waals surface area contributed by atoms with Crippen LogP contribution >= 0.6 is 0 Å². The van der Waals surface area contributed by atoms with Crippen LogP contribution in [0.25, 0.3) is 22.1 Å². The van der Waals surface area contributed by atoms with E-state index in [9.17, 15) is 4.79 Å². The highest BCUT2D eigenvalue weighted by Gasteiger charge is 2.12. The Balaban J connectivity index is 2.52. The van der Waals surface area contributed by atoms with Crippen LogP contribution in [0.15, 0.2) is 27.4 Å². The van der Waals surface area contributed by atoms with Gasteiger partial charge in [0.05, 0.1) is 12.5 Å². The van der Waals surface area contributed by atoms with Crippen molar-refractivity contribution in [2.75, 3.05) is 12.8 Å². The second-order valence-corrected chi connectivity index (χ2v) is 3.59.